The van der Waals surface area contributed by atoms with E-state index in [-0.39, 0.29) is 0 Å². The van der Waals surface area contributed by atoms with Gasteiger partial charge in [-0.3, -0.25) is 0 Å². The molecule has 4 fully saturated rings. The first-order valence-corrected chi connectivity index (χ1v) is 7.88. The van der Waals surface area contributed by atoms with Crippen LogP contribution >= 0.6 is 0 Å². The molecule has 4 rings (SSSR count). The van der Waals surface area contributed by atoms with Gasteiger partial charge in [-0.2, -0.15) is 5.26 Å². The van der Waals surface area contributed by atoms with Crippen molar-refractivity contribution < 1.29 is 0 Å². The van der Waals surface area contributed by atoms with Gasteiger partial charge < -0.3 is 4.90 Å². The van der Waals surface area contributed by atoms with Crippen LogP contribution in [0.15, 0.2) is 11.8 Å². The molecule has 4 saturated carbocycles. The molecule has 2 heteroatoms. The highest BCUT2D eigenvalue weighted by Crippen LogP contribution is 2.58. The third kappa shape index (κ3) is 2.18. The highest BCUT2D eigenvalue weighted by molar-refractivity contribution is 5.24. The van der Waals surface area contributed by atoms with Crippen LogP contribution in [0.5, 0.6) is 0 Å². The zero-order chi connectivity index (χ0) is 13.6. The average molecular weight is 258 g/mol. The van der Waals surface area contributed by atoms with Crippen molar-refractivity contribution >= 4 is 0 Å². The van der Waals surface area contributed by atoms with Crippen LogP contribution in [-0.4, -0.2) is 17.5 Å². The predicted molar refractivity (Wildman–Crippen MR) is 77.2 cm³/mol. The number of hydrogen-bond acceptors (Lipinski definition) is 2. The Morgan fingerprint density at radius 3 is 2.00 bits per heavy atom. The van der Waals surface area contributed by atoms with E-state index in [1.54, 1.807) is 0 Å². The van der Waals surface area contributed by atoms with Crippen LogP contribution in [0.4, 0.5) is 0 Å². The van der Waals surface area contributed by atoms with E-state index in [0.29, 0.717) is 11.5 Å². The average Bonchev–Trinajstić information content (AvgIpc) is 2.33. The summed E-state index contributed by atoms with van der Waals surface area (Å²) in [4.78, 5) is 2.36. The highest BCUT2D eigenvalue weighted by Gasteiger charge is 2.53. The van der Waals surface area contributed by atoms with Gasteiger partial charge >= 0.3 is 0 Å². The van der Waals surface area contributed by atoms with Crippen molar-refractivity contribution in [3.63, 3.8) is 0 Å². The SMILES string of the molecule is CC(C)/C=C(\C#N)N(C)C12CC3CC(CC(C3)C1)C2. The van der Waals surface area contributed by atoms with Gasteiger partial charge in [-0.25, -0.2) is 0 Å². The maximum atomic E-state index is 9.49. The van der Waals surface area contributed by atoms with Crippen molar-refractivity contribution in [1.29, 1.82) is 5.26 Å². The van der Waals surface area contributed by atoms with E-state index in [1.807, 2.05) is 0 Å². The van der Waals surface area contributed by atoms with Crippen molar-refractivity contribution in [2.75, 3.05) is 7.05 Å². The monoisotopic (exact) mass is 258 g/mol. The molecule has 0 aliphatic heterocycles. The Bertz CT molecular complexity index is 392. The van der Waals surface area contributed by atoms with Crippen LogP contribution in [0, 0.1) is 35.0 Å². The van der Waals surface area contributed by atoms with Gasteiger partial charge in [0.2, 0.25) is 0 Å². The predicted octanol–water partition coefficient (Wildman–Crippen LogP) is 3.95. The van der Waals surface area contributed by atoms with Gasteiger partial charge in [0.05, 0.1) is 0 Å². The number of hydrogen-bond donors (Lipinski definition) is 0. The molecule has 0 N–H and O–H groups in total. The van der Waals surface area contributed by atoms with E-state index in [2.05, 4.69) is 37.9 Å². The standard InChI is InChI=1S/C17H26N2/c1-12(2)4-16(11-18)19(3)17-8-13-5-14(9-17)7-15(6-13)10-17/h4,12-15H,5-10H2,1-3H3/b16-4+. The maximum absolute atomic E-state index is 9.49. The zero-order valence-corrected chi connectivity index (χ0v) is 12.5. The van der Waals surface area contributed by atoms with Gasteiger partial charge in [0, 0.05) is 12.6 Å². The minimum absolute atomic E-state index is 0.311. The third-order valence-corrected chi connectivity index (χ3v) is 5.68. The molecular weight excluding hydrogens is 232 g/mol. The van der Waals surface area contributed by atoms with Gasteiger partial charge in [-0.1, -0.05) is 13.8 Å². The highest BCUT2D eigenvalue weighted by atomic mass is 15.2. The molecule has 2 nitrogen and oxygen atoms in total. The quantitative estimate of drug-likeness (QED) is 0.717. The lowest BCUT2D eigenvalue weighted by Crippen LogP contribution is -2.58. The van der Waals surface area contributed by atoms with Crippen LogP contribution in [0.25, 0.3) is 0 Å². The lowest BCUT2D eigenvalue weighted by atomic mass is 9.52. The molecule has 0 spiro atoms. The molecule has 4 bridgehead atoms. The largest absolute Gasteiger partial charge is 0.361 e. The van der Waals surface area contributed by atoms with E-state index < -0.39 is 0 Å². The lowest BCUT2D eigenvalue weighted by molar-refractivity contribution is -0.0652. The summed E-state index contributed by atoms with van der Waals surface area (Å²) in [5, 5.41) is 9.49. The van der Waals surface area contributed by atoms with Gasteiger partial charge in [0.25, 0.3) is 0 Å². The molecule has 4 aliphatic carbocycles. The minimum atomic E-state index is 0.311. The molecule has 104 valence electrons. The number of rotatable bonds is 3. The lowest BCUT2D eigenvalue weighted by Gasteiger charge is -2.60. The van der Waals surface area contributed by atoms with E-state index in [4.69, 9.17) is 0 Å². The summed E-state index contributed by atoms with van der Waals surface area (Å²) in [5.74, 6) is 3.26. The van der Waals surface area contributed by atoms with Crippen LogP contribution in [-0.2, 0) is 0 Å². The summed E-state index contributed by atoms with van der Waals surface area (Å²) in [5.41, 5.74) is 1.21. The molecule has 19 heavy (non-hydrogen) atoms. The van der Waals surface area contributed by atoms with E-state index >= 15 is 0 Å². The molecule has 4 aliphatic rings. The first-order valence-electron chi connectivity index (χ1n) is 7.88. The summed E-state index contributed by atoms with van der Waals surface area (Å²) in [6.07, 6.45) is 10.5. The fourth-order valence-electron chi connectivity index (χ4n) is 5.27. The fraction of sp³-hybridized carbons (Fsp3) is 0.824. The molecular formula is C17H26N2. The van der Waals surface area contributed by atoms with Crippen molar-refractivity contribution in [1.82, 2.24) is 4.90 Å². The van der Waals surface area contributed by atoms with Crippen molar-refractivity contribution in [2.45, 2.75) is 57.9 Å². The Kier molecular flexibility index (Phi) is 3.12. The molecule has 0 amide bonds. The number of nitrogens with zero attached hydrogens (tertiary/aromatic N) is 2. The van der Waals surface area contributed by atoms with Gasteiger partial charge in [-0.15, -0.1) is 0 Å². The summed E-state index contributed by atoms with van der Waals surface area (Å²) in [7, 11) is 2.17. The van der Waals surface area contributed by atoms with Crippen LogP contribution in [0.2, 0.25) is 0 Å². The van der Waals surface area contributed by atoms with E-state index in [9.17, 15) is 5.26 Å². The summed E-state index contributed by atoms with van der Waals surface area (Å²) < 4.78 is 0. The van der Waals surface area contributed by atoms with E-state index in [1.165, 1.54) is 38.5 Å². The number of nitriles is 1. The van der Waals surface area contributed by atoms with E-state index in [0.717, 1.165) is 23.5 Å². The molecule has 0 heterocycles. The Morgan fingerprint density at radius 2 is 1.63 bits per heavy atom. The maximum Gasteiger partial charge on any atom is 0.117 e. The first kappa shape index (κ1) is 13.0. The second-order valence-electron chi connectivity index (χ2n) is 7.61. The van der Waals surface area contributed by atoms with Crippen molar-refractivity contribution in [2.24, 2.45) is 23.7 Å². The Labute approximate surface area is 117 Å². The minimum Gasteiger partial charge on any atom is -0.361 e. The molecule has 0 atom stereocenters. The number of allylic oxidation sites excluding steroid dienone is 2. The zero-order valence-electron chi connectivity index (χ0n) is 12.5. The van der Waals surface area contributed by atoms with Crippen molar-refractivity contribution in [3.8, 4) is 6.07 Å². The summed E-state index contributed by atoms with van der Waals surface area (Å²) >= 11 is 0. The first-order chi connectivity index (χ1) is 9.02. The Hall–Kier alpha value is -0.970. The van der Waals surface area contributed by atoms with Crippen LogP contribution in [0.1, 0.15) is 52.4 Å². The molecule has 0 radical (unpaired) electrons. The second-order valence-corrected chi connectivity index (χ2v) is 7.61. The molecule has 0 aromatic rings. The normalized spacial score (nSPS) is 40.6. The van der Waals surface area contributed by atoms with Gasteiger partial charge in [0.15, 0.2) is 0 Å². The summed E-state index contributed by atoms with van der Waals surface area (Å²) in [6.45, 7) is 4.32. The second kappa shape index (κ2) is 4.54. The topological polar surface area (TPSA) is 27.0 Å². The van der Waals surface area contributed by atoms with Gasteiger partial charge in [0.1, 0.15) is 11.8 Å². The van der Waals surface area contributed by atoms with Crippen LogP contribution in [0.3, 0.4) is 0 Å². The van der Waals surface area contributed by atoms with Crippen molar-refractivity contribution in [3.05, 3.63) is 11.8 Å². The smallest absolute Gasteiger partial charge is 0.117 e. The third-order valence-electron chi connectivity index (χ3n) is 5.68. The Balaban J connectivity index is 1.87. The molecule has 0 unspecified atom stereocenters. The Morgan fingerprint density at radius 1 is 1.16 bits per heavy atom. The van der Waals surface area contributed by atoms with Gasteiger partial charge in [-0.05, 0) is 68.3 Å². The molecule has 0 saturated heterocycles. The molecule has 0 aromatic carbocycles. The fourth-order valence-corrected chi connectivity index (χ4v) is 5.27. The van der Waals surface area contributed by atoms with Crippen LogP contribution < -0.4 is 0 Å². The summed E-state index contributed by atoms with van der Waals surface area (Å²) in [6, 6.07) is 2.45. The molecule has 0 aromatic heterocycles.